The number of hydrogen-bond acceptors (Lipinski definition) is 9. The van der Waals surface area contributed by atoms with Gasteiger partial charge in [-0.1, -0.05) is 24.3 Å². The number of rotatable bonds is 11. The number of piperazine rings is 1. The lowest BCUT2D eigenvalue weighted by molar-refractivity contribution is -0.138. The Labute approximate surface area is 345 Å². The molecule has 2 aliphatic carbocycles. The second-order valence-corrected chi connectivity index (χ2v) is 19.0. The van der Waals surface area contributed by atoms with Crippen molar-refractivity contribution in [3.63, 3.8) is 0 Å². The Balaban J connectivity index is 0.883. The first-order valence-corrected chi connectivity index (χ1v) is 22.7. The van der Waals surface area contributed by atoms with E-state index in [-0.39, 0.29) is 12.0 Å². The molecule has 4 heterocycles. The van der Waals surface area contributed by atoms with E-state index in [0.29, 0.717) is 17.2 Å². The summed E-state index contributed by atoms with van der Waals surface area (Å²) >= 11 is 1.79. The summed E-state index contributed by atoms with van der Waals surface area (Å²) in [7, 11) is 6.00. The van der Waals surface area contributed by atoms with Crippen LogP contribution < -0.4 is 15.4 Å². The number of benzene rings is 2. The largest absolute Gasteiger partial charge is 0.496 e. The zero-order chi connectivity index (χ0) is 39.5. The van der Waals surface area contributed by atoms with Gasteiger partial charge in [0.2, 0.25) is 5.91 Å². The minimum Gasteiger partial charge on any atom is -0.496 e. The Morgan fingerprint density at radius 2 is 1.72 bits per heavy atom. The number of nitrogens with one attached hydrogen (secondary N) is 2. The molecule has 4 aliphatic rings. The number of aromatic nitrogens is 2. The first kappa shape index (κ1) is 40.2. The summed E-state index contributed by atoms with van der Waals surface area (Å²) in [6.45, 7) is 12.5. The molecule has 4 aromatic rings. The Morgan fingerprint density at radius 1 is 0.982 bits per heavy atom. The van der Waals surface area contributed by atoms with Crippen LogP contribution in [0.5, 0.6) is 5.75 Å². The van der Waals surface area contributed by atoms with Gasteiger partial charge in [-0.05, 0) is 162 Å². The molecule has 306 valence electrons. The highest BCUT2D eigenvalue weighted by atomic mass is 32.1. The van der Waals surface area contributed by atoms with Crippen molar-refractivity contribution in [3.8, 4) is 16.9 Å². The zero-order valence-electron chi connectivity index (χ0n) is 35.1. The fourth-order valence-electron chi connectivity index (χ4n) is 10.5. The van der Waals surface area contributed by atoms with Gasteiger partial charge in [-0.3, -0.25) is 9.69 Å². The molecule has 8 rings (SSSR count). The number of carbonyl (C=O) groups is 1. The van der Waals surface area contributed by atoms with Crippen LogP contribution in [0.25, 0.3) is 22.0 Å². The fourth-order valence-corrected chi connectivity index (χ4v) is 11.4. The Bertz CT molecular complexity index is 1980. The summed E-state index contributed by atoms with van der Waals surface area (Å²) in [5.41, 5.74) is 6.60. The van der Waals surface area contributed by atoms with Crippen molar-refractivity contribution < 1.29 is 9.53 Å². The topological polar surface area (TPSA) is 85.9 Å². The highest BCUT2D eigenvalue weighted by Crippen LogP contribution is 2.46. The molecular formula is C47H65N7O2S. The molecule has 0 unspecified atom stereocenters. The van der Waals surface area contributed by atoms with Gasteiger partial charge < -0.3 is 25.2 Å². The monoisotopic (exact) mass is 791 g/mol. The summed E-state index contributed by atoms with van der Waals surface area (Å²) in [6.07, 6.45) is 12.2. The van der Waals surface area contributed by atoms with Gasteiger partial charge in [0.25, 0.3) is 0 Å². The van der Waals surface area contributed by atoms with Gasteiger partial charge in [-0.2, -0.15) is 0 Å². The van der Waals surface area contributed by atoms with E-state index in [0.717, 1.165) is 92.6 Å². The van der Waals surface area contributed by atoms with Crippen LogP contribution >= 0.6 is 11.3 Å². The summed E-state index contributed by atoms with van der Waals surface area (Å²) in [5, 5.41) is 10.6. The number of anilines is 1. The standard InChI is InChI=1S/C47H65N7O2S/c1-32(44-26-38(31-57-44)39-9-7-6-8-37(39)30-52(3)4)49-45-41-27-40(43(56-5)28-42(41)50-33(2)51-45)35-10-12-36(13-11-35)46(55)54-24-22-53(23-25-54)29-34-14-16-47(17-15-34)18-20-48-21-19-47/h6-9,26-28,31-32,34-36,48H,10-25,29-30H2,1-5H3,(H,49,50,51)/t32-,35?,36?/m1/s1. The average molecular weight is 792 g/mol. The van der Waals surface area contributed by atoms with Gasteiger partial charge in [0.15, 0.2) is 0 Å². The van der Waals surface area contributed by atoms with Crippen molar-refractivity contribution in [2.75, 3.05) is 72.3 Å². The van der Waals surface area contributed by atoms with E-state index < -0.39 is 0 Å². The predicted octanol–water partition coefficient (Wildman–Crippen LogP) is 8.89. The van der Waals surface area contributed by atoms with Crippen molar-refractivity contribution in [2.24, 2.45) is 17.3 Å². The first-order valence-electron chi connectivity index (χ1n) is 21.8. The van der Waals surface area contributed by atoms with Crippen LogP contribution in [0.1, 0.15) is 105 Å². The number of piperidine rings is 1. The van der Waals surface area contributed by atoms with Crippen molar-refractivity contribution in [2.45, 2.75) is 96.6 Å². The van der Waals surface area contributed by atoms with Crippen LogP contribution in [0.15, 0.2) is 47.8 Å². The number of nitrogens with zero attached hydrogens (tertiary/aromatic N) is 5. The second kappa shape index (κ2) is 17.7. The SMILES string of the molecule is COc1cc2nc(C)nc(N[C@H](C)c3cc(-c4ccccc4CN(C)C)cs3)c2cc1C1CCC(C(=O)N2CCN(CC3CCC4(CCNCC4)CC3)CC2)CC1. The smallest absolute Gasteiger partial charge is 0.225 e. The molecule has 2 saturated heterocycles. The quantitative estimate of drug-likeness (QED) is 0.156. The number of ether oxygens (including phenoxy) is 1. The number of fused-ring (bicyclic) bond motifs is 1. The predicted molar refractivity (Wildman–Crippen MR) is 234 cm³/mol. The van der Waals surface area contributed by atoms with Gasteiger partial charge in [0.1, 0.15) is 17.4 Å². The second-order valence-electron chi connectivity index (χ2n) is 18.1. The van der Waals surface area contributed by atoms with Crippen molar-refractivity contribution >= 4 is 34.0 Å². The molecule has 2 saturated carbocycles. The summed E-state index contributed by atoms with van der Waals surface area (Å²) < 4.78 is 6.01. The van der Waals surface area contributed by atoms with Crippen molar-refractivity contribution in [3.05, 3.63) is 69.7 Å². The van der Waals surface area contributed by atoms with E-state index in [1.54, 1.807) is 18.4 Å². The van der Waals surface area contributed by atoms with Crippen LogP contribution in [0.4, 0.5) is 5.82 Å². The lowest BCUT2D eigenvalue weighted by atomic mass is 9.65. The lowest BCUT2D eigenvalue weighted by Crippen LogP contribution is -2.51. The molecular weight excluding hydrogens is 727 g/mol. The lowest BCUT2D eigenvalue weighted by Gasteiger charge is -2.45. The number of amides is 1. The molecule has 10 heteroatoms. The first-order chi connectivity index (χ1) is 27.7. The average Bonchev–Trinajstić information content (AvgIpc) is 3.72. The zero-order valence-corrected chi connectivity index (χ0v) is 35.9. The molecule has 1 spiro atoms. The van der Waals surface area contributed by atoms with Gasteiger partial charge in [-0.25, -0.2) is 9.97 Å². The van der Waals surface area contributed by atoms with Gasteiger partial charge in [0, 0.05) is 61.5 Å². The van der Waals surface area contributed by atoms with Crippen LogP contribution in [0.3, 0.4) is 0 Å². The minimum absolute atomic E-state index is 0.0649. The van der Waals surface area contributed by atoms with E-state index in [1.807, 2.05) is 6.92 Å². The number of hydrogen-bond donors (Lipinski definition) is 2. The highest BCUT2D eigenvalue weighted by Gasteiger charge is 2.37. The van der Waals surface area contributed by atoms with Crippen molar-refractivity contribution in [1.82, 2.24) is 30.0 Å². The molecule has 2 aromatic carbocycles. The van der Waals surface area contributed by atoms with E-state index in [9.17, 15) is 4.79 Å². The Morgan fingerprint density at radius 3 is 2.44 bits per heavy atom. The Hall–Kier alpha value is -3.57. The van der Waals surface area contributed by atoms with E-state index in [2.05, 4.69) is 94.2 Å². The van der Waals surface area contributed by atoms with Crippen LogP contribution in [0, 0.1) is 24.2 Å². The maximum atomic E-state index is 13.9. The van der Waals surface area contributed by atoms with Gasteiger partial charge in [-0.15, -0.1) is 11.3 Å². The maximum absolute atomic E-state index is 13.9. The molecule has 0 bridgehead atoms. The third kappa shape index (κ3) is 9.19. The number of methoxy groups -OCH3 is 1. The molecule has 57 heavy (non-hydrogen) atoms. The number of aryl methyl sites for hydroxylation is 1. The summed E-state index contributed by atoms with van der Waals surface area (Å²) in [4.78, 5) is 32.0. The van der Waals surface area contributed by atoms with Crippen LogP contribution in [0.2, 0.25) is 0 Å². The normalized spacial score (nSPS) is 22.6. The molecule has 9 nitrogen and oxygen atoms in total. The molecule has 1 amide bonds. The van der Waals surface area contributed by atoms with E-state index in [1.165, 1.54) is 85.3 Å². The van der Waals surface area contributed by atoms with Crippen LogP contribution in [-0.4, -0.2) is 97.6 Å². The van der Waals surface area contributed by atoms with E-state index >= 15 is 0 Å². The molecule has 2 N–H and O–H groups in total. The number of carbonyl (C=O) groups excluding carboxylic acids is 1. The van der Waals surface area contributed by atoms with Gasteiger partial charge >= 0.3 is 0 Å². The molecule has 2 aromatic heterocycles. The highest BCUT2D eigenvalue weighted by molar-refractivity contribution is 7.10. The summed E-state index contributed by atoms with van der Waals surface area (Å²) in [6, 6.07) is 15.5. The number of thiophene rings is 1. The molecule has 2 aliphatic heterocycles. The van der Waals surface area contributed by atoms with Crippen LogP contribution in [-0.2, 0) is 11.3 Å². The third-order valence-corrected chi connectivity index (χ3v) is 15.0. The molecule has 4 fully saturated rings. The molecule has 1 atom stereocenters. The summed E-state index contributed by atoms with van der Waals surface area (Å²) in [5.74, 6) is 4.13. The third-order valence-electron chi connectivity index (χ3n) is 13.9. The maximum Gasteiger partial charge on any atom is 0.225 e. The Kier molecular flexibility index (Phi) is 12.5. The fraction of sp³-hybridized carbons (Fsp3) is 0.596. The van der Waals surface area contributed by atoms with E-state index in [4.69, 9.17) is 14.7 Å². The van der Waals surface area contributed by atoms with Gasteiger partial charge in [0.05, 0.1) is 18.7 Å². The van der Waals surface area contributed by atoms with Crippen molar-refractivity contribution in [1.29, 1.82) is 0 Å². The minimum atomic E-state index is 0.0649. The molecule has 0 radical (unpaired) electrons.